The van der Waals surface area contributed by atoms with Crippen molar-refractivity contribution in [2.45, 2.75) is 59.9 Å². The second-order valence-corrected chi connectivity index (χ2v) is 6.84. The minimum Gasteiger partial charge on any atom is -0.481 e. The van der Waals surface area contributed by atoms with Gasteiger partial charge in [0, 0.05) is 13.0 Å². The van der Waals surface area contributed by atoms with Gasteiger partial charge in [0.2, 0.25) is 5.91 Å². The SMILES string of the molecule is CC(C)[C@H](N)C(=O)NCCC(CCC(=O)O)C(C)(C)C. The van der Waals surface area contributed by atoms with Gasteiger partial charge in [0.05, 0.1) is 6.04 Å². The van der Waals surface area contributed by atoms with E-state index in [2.05, 4.69) is 26.1 Å². The lowest BCUT2D eigenvalue weighted by atomic mass is 9.76. The molecule has 0 aromatic rings. The summed E-state index contributed by atoms with van der Waals surface area (Å²) in [6.45, 7) is 10.7. The van der Waals surface area contributed by atoms with Crippen molar-refractivity contribution in [2.24, 2.45) is 23.0 Å². The van der Waals surface area contributed by atoms with Crippen LogP contribution in [-0.4, -0.2) is 29.6 Å². The molecule has 0 aromatic carbocycles. The van der Waals surface area contributed by atoms with Gasteiger partial charge in [-0.3, -0.25) is 9.59 Å². The maximum absolute atomic E-state index is 11.8. The lowest BCUT2D eigenvalue weighted by Gasteiger charge is -2.30. The van der Waals surface area contributed by atoms with Crippen molar-refractivity contribution >= 4 is 11.9 Å². The molecule has 4 N–H and O–H groups in total. The van der Waals surface area contributed by atoms with E-state index in [0.29, 0.717) is 13.0 Å². The molecule has 0 saturated carbocycles. The standard InChI is InChI=1S/C15H30N2O3/c1-10(2)13(16)14(20)17-9-8-11(15(3,4)5)6-7-12(18)19/h10-11,13H,6-9,16H2,1-5H3,(H,17,20)(H,18,19)/t11?,13-/m0/s1. The van der Waals surface area contributed by atoms with Crippen LogP contribution in [0.3, 0.4) is 0 Å². The summed E-state index contributed by atoms with van der Waals surface area (Å²) in [5.41, 5.74) is 5.80. The number of nitrogens with two attached hydrogens (primary N) is 1. The zero-order valence-electron chi connectivity index (χ0n) is 13.4. The molecule has 0 bridgehead atoms. The molecule has 20 heavy (non-hydrogen) atoms. The predicted molar refractivity (Wildman–Crippen MR) is 80.3 cm³/mol. The quantitative estimate of drug-likeness (QED) is 0.636. The average molecular weight is 286 g/mol. The second-order valence-electron chi connectivity index (χ2n) is 6.84. The fraction of sp³-hybridized carbons (Fsp3) is 0.867. The van der Waals surface area contributed by atoms with Crippen molar-refractivity contribution in [3.8, 4) is 0 Å². The summed E-state index contributed by atoms with van der Waals surface area (Å²) in [6, 6.07) is -0.484. The van der Waals surface area contributed by atoms with E-state index >= 15 is 0 Å². The molecule has 0 heterocycles. The Kier molecular flexibility index (Phi) is 7.79. The van der Waals surface area contributed by atoms with E-state index in [-0.39, 0.29) is 29.6 Å². The van der Waals surface area contributed by atoms with Crippen molar-refractivity contribution in [2.75, 3.05) is 6.54 Å². The van der Waals surface area contributed by atoms with Gasteiger partial charge in [0.15, 0.2) is 0 Å². The number of nitrogens with one attached hydrogen (secondary N) is 1. The third-order valence-electron chi connectivity index (χ3n) is 3.74. The Labute approximate surface area is 122 Å². The zero-order valence-corrected chi connectivity index (χ0v) is 13.4. The molecule has 5 heteroatoms. The zero-order chi connectivity index (χ0) is 15.9. The van der Waals surface area contributed by atoms with Crippen LogP contribution in [0.25, 0.3) is 0 Å². The Morgan fingerprint density at radius 1 is 1.20 bits per heavy atom. The van der Waals surface area contributed by atoms with Crippen LogP contribution in [0.5, 0.6) is 0 Å². The molecule has 5 nitrogen and oxygen atoms in total. The molecule has 0 spiro atoms. The van der Waals surface area contributed by atoms with Crippen LogP contribution < -0.4 is 11.1 Å². The van der Waals surface area contributed by atoms with Gasteiger partial charge in [-0.25, -0.2) is 0 Å². The number of carboxylic acid groups (broad SMARTS) is 1. The summed E-state index contributed by atoms with van der Waals surface area (Å²) in [5, 5.41) is 11.6. The highest BCUT2D eigenvalue weighted by atomic mass is 16.4. The van der Waals surface area contributed by atoms with Crippen molar-refractivity contribution in [3.63, 3.8) is 0 Å². The van der Waals surface area contributed by atoms with Crippen molar-refractivity contribution in [1.29, 1.82) is 0 Å². The van der Waals surface area contributed by atoms with Crippen LogP contribution in [0.2, 0.25) is 0 Å². The van der Waals surface area contributed by atoms with Gasteiger partial charge in [-0.2, -0.15) is 0 Å². The first-order chi connectivity index (χ1) is 9.05. The predicted octanol–water partition coefficient (Wildman–Crippen LogP) is 2.00. The van der Waals surface area contributed by atoms with Crippen LogP contribution >= 0.6 is 0 Å². The van der Waals surface area contributed by atoms with Crippen LogP contribution in [0, 0.1) is 17.3 Å². The molecule has 0 aliphatic carbocycles. The van der Waals surface area contributed by atoms with Crippen LogP contribution in [0.4, 0.5) is 0 Å². The maximum Gasteiger partial charge on any atom is 0.303 e. The molecule has 1 unspecified atom stereocenters. The first kappa shape index (κ1) is 18.9. The number of amides is 1. The Morgan fingerprint density at radius 3 is 2.15 bits per heavy atom. The fourth-order valence-electron chi connectivity index (χ4n) is 2.10. The summed E-state index contributed by atoms with van der Waals surface area (Å²) in [4.78, 5) is 22.4. The Bertz CT molecular complexity index is 322. The molecule has 0 rings (SSSR count). The minimum absolute atomic E-state index is 0.0281. The topological polar surface area (TPSA) is 92.4 Å². The Hall–Kier alpha value is -1.10. The Balaban J connectivity index is 4.27. The molecular weight excluding hydrogens is 256 g/mol. The van der Waals surface area contributed by atoms with Gasteiger partial charge in [-0.05, 0) is 30.1 Å². The number of carbonyl (C=O) groups is 2. The first-order valence-electron chi connectivity index (χ1n) is 7.30. The van der Waals surface area contributed by atoms with Gasteiger partial charge >= 0.3 is 5.97 Å². The summed E-state index contributed by atoms with van der Waals surface area (Å²) in [5.74, 6) is -0.536. The lowest BCUT2D eigenvalue weighted by Crippen LogP contribution is -2.44. The summed E-state index contributed by atoms with van der Waals surface area (Å²) >= 11 is 0. The molecule has 1 amide bonds. The number of carbonyl (C=O) groups excluding carboxylic acids is 1. The third-order valence-corrected chi connectivity index (χ3v) is 3.74. The molecule has 0 aliphatic rings. The minimum atomic E-state index is -0.773. The highest BCUT2D eigenvalue weighted by Gasteiger charge is 2.25. The smallest absolute Gasteiger partial charge is 0.303 e. The van der Waals surface area contributed by atoms with Crippen molar-refractivity contribution in [1.82, 2.24) is 5.32 Å². The normalized spacial score (nSPS) is 14.9. The van der Waals surface area contributed by atoms with E-state index in [1.54, 1.807) is 0 Å². The van der Waals surface area contributed by atoms with Gasteiger partial charge in [0.1, 0.15) is 0 Å². The monoisotopic (exact) mass is 286 g/mol. The second kappa shape index (κ2) is 8.25. The maximum atomic E-state index is 11.8. The molecule has 2 atom stereocenters. The van der Waals surface area contributed by atoms with E-state index < -0.39 is 12.0 Å². The summed E-state index contributed by atoms with van der Waals surface area (Å²) in [6.07, 6.45) is 1.57. The van der Waals surface area contributed by atoms with E-state index in [4.69, 9.17) is 10.8 Å². The van der Waals surface area contributed by atoms with E-state index in [1.807, 2.05) is 13.8 Å². The van der Waals surface area contributed by atoms with Crippen LogP contribution in [0.1, 0.15) is 53.9 Å². The summed E-state index contributed by atoms with van der Waals surface area (Å²) < 4.78 is 0. The van der Waals surface area contributed by atoms with E-state index in [9.17, 15) is 9.59 Å². The van der Waals surface area contributed by atoms with Gasteiger partial charge in [-0.15, -0.1) is 0 Å². The van der Waals surface area contributed by atoms with Gasteiger partial charge < -0.3 is 16.2 Å². The number of aliphatic carboxylic acids is 1. The number of rotatable bonds is 8. The van der Waals surface area contributed by atoms with Crippen LogP contribution in [0.15, 0.2) is 0 Å². The fourth-order valence-corrected chi connectivity index (χ4v) is 2.10. The first-order valence-corrected chi connectivity index (χ1v) is 7.30. The van der Waals surface area contributed by atoms with Gasteiger partial charge in [0.25, 0.3) is 0 Å². The molecular formula is C15H30N2O3. The number of hydrogen-bond donors (Lipinski definition) is 3. The molecule has 0 saturated heterocycles. The van der Waals surface area contributed by atoms with Crippen LogP contribution in [-0.2, 0) is 9.59 Å². The van der Waals surface area contributed by atoms with Crippen molar-refractivity contribution in [3.05, 3.63) is 0 Å². The Morgan fingerprint density at radius 2 is 1.75 bits per heavy atom. The van der Waals surface area contributed by atoms with Gasteiger partial charge in [-0.1, -0.05) is 34.6 Å². The third kappa shape index (κ3) is 7.48. The number of hydrogen-bond acceptors (Lipinski definition) is 3. The highest BCUT2D eigenvalue weighted by Crippen LogP contribution is 2.32. The van der Waals surface area contributed by atoms with E-state index in [1.165, 1.54) is 0 Å². The molecule has 0 aliphatic heterocycles. The van der Waals surface area contributed by atoms with E-state index in [0.717, 1.165) is 6.42 Å². The molecule has 118 valence electrons. The largest absolute Gasteiger partial charge is 0.481 e. The molecule has 0 radical (unpaired) electrons. The lowest BCUT2D eigenvalue weighted by molar-refractivity contribution is -0.137. The average Bonchev–Trinajstić information content (AvgIpc) is 2.29. The molecule has 0 aromatic heterocycles. The highest BCUT2D eigenvalue weighted by molar-refractivity contribution is 5.81. The van der Waals surface area contributed by atoms with Crippen molar-refractivity contribution < 1.29 is 14.7 Å². The number of carboxylic acids is 1. The molecule has 0 fully saturated rings. The summed E-state index contributed by atoms with van der Waals surface area (Å²) in [7, 11) is 0.